The van der Waals surface area contributed by atoms with E-state index < -0.39 is 21.7 Å². The third-order valence-electron chi connectivity index (χ3n) is 3.67. The van der Waals surface area contributed by atoms with Crippen molar-refractivity contribution in [2.45, 2.75) is 24.9 Å². The lowest BCUT2D eigenvalue weighted by Gasteiger charge is -2.07. The number of amides is 1. The summed E-state index contributed by atoms with van der Waals surface area (Å²) in [5.74, 6) is -1.24. The second kappa shape index (κ2) is 8.91. The van der Waals surface area contributed by atoms with Gasteiger partial charge in [0.1, 0.15) is 11.5 Å². The molecule has 0 bridgehead atoms. The van der Waals surface area contributed by atoms with Crippen molar-refractivity contribution >= 4 is 38.9 Å². The maximum absolute atomic E-state index is 13.5. The second-order valence-electron chi connectivity index (χ2n) is 5.82. The summed E-state index contributed by atoms with van der Waals surface area (Å²) in [5, 5.41) is 3.44. The van der Waals surface area contributed by atoms with Crippen molar-refractivity contribution in [3.63, 3.8) is 0 Å². The molecule has 12 heteroatoms. The van der Waals surface area contributed by atoms with Crippen LogP contribution < -0.4 is 10.0 Å². The highest BCUT2D eigenvalue weighted by Gasteiger charge is 2.16. The van der Waals surface area contributed by atoms with E-state index in [1.165, 1.54) is 29.8 Å². The number of nitrogens with one attached hydrogen (secondary N) is 2. The Balaban J connectivity index is 1.58. The van der Waals surface area contributed by atoms with Crippen molar-refractivity contribution in [3.05, 3.63) is 68.9 Å². The smallest absolute Gasteiger partial charge is 0.271 e. The number of hydrogen-bond donors (Lipinski definition) is 2. The molecule has 3 aromatic rings. The number of nitrogens with zero attached hydrogens (tertiary/aromatic N) is 3. The summed E-state index contributed by atoms with van der Waals surface area (Å²) in [6, 6.07) is 3.18. The van der Waals surface area contributed by atoms with Gasteiger partial charge in [0.15, 0.2) is 0 Å². The van der Waals surface area contributed by atoms with Gasteiger partial charge in [0.05, 0.1) is 46.1 Å². The summed E-state index contributed by atoms with van der Waals surface area (Å²) in [5.41, 5.74) is 0.384. The minimum atomic E-state index is -3.96. The van der Waals surface area contributed by atoms with Crippen LogP contribution in [0.3, 0.4) is 0 Å². The number of aromatic nitrogens is 3. The number of carbonyl (C=O) groups is 1. The first-order valence-corrected chi connectivity index (χ1v) is 10.9. The molecule has 2 aromatic heterocycles. The van der Waals surface area contributed by atoms with E-state index in [0.29, 0.717) is 6.54 Å². The van der Waals surface area contributed by atoms with E-state index in [1.54, 1.807) is 6.20 Å². The van der Waals surface area contributed by atoms with Crippen LogP contribution in [0.5, 0.6) is 0 Å². The topological polar surface area (TPSA) is 114 Å². The molecule has 0 aliphatic heterocycles. The van der Waals surface area contributed by atoms with Gasteiger partial charge in [-0.05, 0) is 25.1 Å². The highest BCUT2D eigenvalue weighted by Crippen LogP contribution is 2.18. The summed E-state index contributed by atoms with van der Waals surface area (Å²) in [6.45, 7) is 2.02. The van der Waals surface area contributed by atoms with E-state index in [9.17, 15) is 17.6 Å². The normalized spacial score (nSPS) is 11.4. The van der Waals surface area contributed by atoms with Crippen molar-refractivity contribution in [3.8, 4) is 0 Å². The van der Waals surface area contributed by atoms with Crippen LogP contribution in [-0.2, 0) is 23.1 Å². The first kappa shape index (κ1) is 21.2. The lowest BCUT2D eigenvalue weighted by Crippen LogP contribution is -2.25. The second-order valence-corrected chi connectivity index (χ2v) is 9.32. The molecule has 0 aliphatic carbocycles. The third-order valence-corrected chi connectivity index (χ3v) is 6.29. The predicted molar refractivity (Wildman–Crippen MR) is 105 cm³/mol. The number of sulfonamides is 1. The van der Waals surface area contributed by atoms with E-state index in [1.807, 2.05) is 6.92 Å². The van der Waals surface area contributed by atoms with Crippen molar-refractivity contribution < 1.29 is 17.6 Å². The molecule has 2 heterocycles. The van der Waals surface area contributed by atoms with Gasteiger partial charge in [-0.1, -0.05) is 11.6 Å². The maximum Gasteiger partial charge on any atom is 0.271 e. The number of rotatable bonds is 7. The summed E-state index contributed by atoms with van der Waals surface area (Å²) in [6.07, 6.45) is 4.23. The molecule has 152 valence electrons. The molecule has 1 amide bonds. The van der Waals surface area contributed by atoms with Crippen LogP contribution in [0.2, 0.25) is 5.02 Å². The molecule has 0 aliphatic rings. The maximum atomic E-state index is 13.5. The number of carbonyl (C=O) groups excluding carboxylic acids is 1. The molecular weight excluding hydrogens is 441 g/mol. The number of aryl methyl sites for hydroxylation is 1. The fourth-order valence-corrected chi connectivity index (χ4v) is 4.07. The highest BCUT2D eigenvalue weighted by molar-refractivity contribution is 7.89. The number of halogens is 2. The molecule has 0 saturated carbocycles. The summed E-state index contributed by atoms with van der Waals surface area (Å²) in [4.78, 5) is 24.9. The van der Waals surface area contributed by atoms with E-state index in [2.05, 4.69) is 25.0 Å². The van der Waals surface area contributed by atoms with Crippen molar-refractivity contribution in [2.24, 2.45) is 0 Å². The van der Waals surface area contributed by atoms with Crippen LogP contribution in [0.25, 0.3) is 0 Å². The Morgan fingerprint density at radius 2 is 1.97 bits per heavy atom. The summed E-state index contributed by atoms with van der Waals surface area (Å²) < 4.78 is 40.2. The molecule has 1 aromatic carbocycles. The Morgan fingerprint density at radius 1 is 1.17 bits per heavy atom. The van der Waals surface area contributed by atoms with Gasteiger partial charge in [0, 0.05) is 11.1 Å². The van der Waals surface area contributed by atoms with Gasteiger partial charge in [0.25, 0.3) is 5.91 Å². The fourth-order valence-electron chi connectivity index (χ4n) is 2.20. The minimum absolute atomic E-state index is 0.0950. The summed E-state index contributed by atoms with van der Waals surface area (Å²) >= 11 is 7.04. The number of benzene rings is 1. The van der Waals surface area contributed by atoms with Gasteiger partial charge < -0.3 is 5.32 Å². The van der Waals surface area contributed by atoms with E-state index >= 15 is 0 Å². The van der Waals surface area contributed by atoms with Crippen LogP contribution in [-0.4, -0.2) is 29.3 Å². The predicted octanol–water partition coefficient (Wildman–Crippen LogP) is 2.44. The molecule has 0 unspecified atom stereocenters. The van der Waals surface area contributed by atoms with Gasteiger partial charge in [-0.25, -0.2) is 27.5 Å². The fraction of sp³-hybridized carbons (Fsp3) is 0.176. The zero-order valence-corrected chi connectivity index (χ0v) is 17.4. The lowest BCUT2D eigenvalue weighted by molar-refractivity contribution is 0.0946. The van der Waals surface area contributed by atoms with E-state index in [-0.39, 0.29) is 27.9 Å². The molecule has 0 spiro atoms. The SMILES string of the molecule is Cc1ncc(CNC(=O)c2cnc(CNS(=O)(=O)c3ccc(Cl)c(F)c3)cn2)s1. The Bertz CT molecular complexity index is 1140. The molecular formula is C17H15ClFN5O3S2. The standard InChI is InChI=1S/C17H15ClFN5O3S2/c1-10-20-7-12(28-10)8-23-17(25)16-9-21-11(5-22-16)6-24-29(26,27)13-2-3-14(18)15(19)4-13/h2-5,7,9,24H,6,8H2,1H3,(H,23,25). The molecule has 0 atom stereocenters. The average molecular weight is 456 g/mol. The van der Waals surface area contributed by atoms with Gasteiger partial charge in [-0.2, -0.15) is 0 Å². The van der Waals surface area contributed by atoms with Gasteiger partial charge in [0.2, 0.25) is 10.0 Å². The lowest BCUT2D eigenvalue weighted by atomic mass is 10.3. The third kappa shape index (κ3) is 5.54. The zero-order chi connectivity index (χ0) is 21.0. The van der Waals surface area contributed by atoms with Crippen LogP contribution >= 0.6 is 22.9 Å². The van der Waals surface area contributed by atoms with Crippen molar-refractivity contribution in [1.82, 2.24) is 25.0 Å². The van der Waals surface area contributed by atoms with E-state index in [4.69, 9.17) is 11.6 Å². The van der Waals surface area contributed by atoms with Crippen LogP contribution in [0.1, 0.15) is 26.1 Å². The molecule has 3 rings (SSSR count). The van der Waals surface area contributed by atoms with Crippen LogP contribution in [0, 0.1) is 12.7 Å². The number of thiazole rings is 1. The van der Waals surface area contributed by atoms with Gasteiger partial charge >= 0.3 is 0 Å². The Hall–Kier alpha value is -2.47. The molecule has 0 radical (unpaired) electrons. The van der Waals surface area contributed by atoms with E-state index in [0.717, 1.165) is 22.0 Å². The Labute approximate surface area is 175 Å². The quantitative estimate of drug-likeness (QED) is 0.565. The first-order valence-electron chi connectivity index (χ1n) is 8.20. The van der Waals surface area contributed by atoms with Crippen LogP contribution in [0.4, 0.5) is 4.39 Å². The average Bonchev–Trinajstić information content (AvgIpc) is 3.12. The Morgan fingerprint density at radius 3 is 2.59 bits per heavy atom. The minimum Gasteiger partial charge on any atom is -0.346 e. The first-order chi connectivity index (χ1) is 13.7. The molecule has 0 fully saturated rings. The molecule has 0 saturated heterocycles. The number of hydrogen-bond acceptors (Lipinski definition) is 7. The van der Waals surface area contributed by atoms with Crippen LogP contribution in [0.15, 0.2) is 41.7 Å². The van der Waals surface area contributed by atoms with Gasteiger partial charge in [-0.15, -0.1) is 11.3 Å². The Kier molecular flexibility index (Phi) is 6.52. The van der Waals surface area contributed by atoms with Crippen molar-refractivity contribution in [1.29, 1.82) is 0 Å². The summed E-state index contributed by atoms with van der Waals surface area (Å²) in [7, 11) is -3.96. The zero-order valence-electron chi connectivity index (χ0n) is 15.0. The highest BCUT2D eigenvalue weighted by atomic mass is 35.5. The molecule has 2 N–H and O–H groups in total. The monoisotopic (exact) mass is 455 g/mol. The van der Waals surface area contributed by atoms with Gasteiger partial charge in [-0.3, -0.25) is 9.78 Å². The molecule has 29 heavy (non-hydrogen) atoms. The largest absolute Gasteiger partial charge is 0.346 e. The van der Waals surface area contributed by atoms with Crippen molar-refractivity contribution in [2.75, 3.05) is 0 Å². The molecule has 8 nitrogen and oxygen atoms in total.